The van der Waals surface area contributed by atoms with Crippen LogP contribution in [0.25, 0.3) is 0 Å². The van der Waals surface area contributed by atoms with Gasteiger partial charge in [0, 0.05) is 24.9 Å². The summed E-state index contributed by atoms with van der Waals surface area (Å²) < 4.78 is 42.4. The Bertz CT molecular complexity index is 998. The van der Waals surface area contributed by atoms with E-state index < -0.39 is 129 Å². The summed E-state index contributed by atoms with van der Waals surface area (Å²) in [6, 6.07) is 0. The molecule has 0 spiro atoms. The van der Waals surface area contributed by atoms with Gasteiger partial charge < -0.3 is 73.6 Å². The Kier molecular flexibility index (Phi) is 14.5. The number of ether oxygens (including phenoxy) is 8. The van der Waals surface area contributed by atoms with Gasteiger partial charge >= 0.3 is 17.9 Å². The van der Waals surface area contributed by atoms with E-state index in [0.29, 0.717) is 6.42 Å². The van der Waals surface area contributed by atoms with Crippen LogP contribution in [0.1, 0.15) is 13.3 Å². The number of aliphatic hydroxyl groups excluding tert-OH is 6. The van der Waals surface area contributed by atoms with Crippen molar-refractivity contribution in [3.8, 4) is 0 Å². The van der Waals surface area contributed by atoms with Crippen LogP contribution in [-0.2, 0) is 52.3 Å². The number of aliphatic hydroxyl groups is 6. The number of hydrogen-bond donors (Lipinski definition) is 7. The third kappa shape index (κ3) is 8.50. The molecule has 6 unspecified atom stereocenters. The SMILES string of the molecule is CC[C@H]1OC(C(=O)OC)[C@H](COC[C@H]2OC(C(=O)O)[C@H](COC[C@H]3OC(C(=O)OC)[C@H](COC)[C@@H](O)C3O)[C@@H](O)C2O)[C@@H](O)C1O. The molecule has 46 heavy (non-hydrogen) atoms. The van der Waals surface area contributed by atoms with Crippen LogP contribution in [0.5, 0.6) is 0 Å². The average Bonchev–Trinajstić information content (AvgIpc) is 3.04. The molecule has 0 aromatic heterocycles. The molecule has 18 heteroatoms. The van der Waals surface area contributed by atoms with Crippen LogP contribution in [0.4, 0.5) is 0 Å². The van der Waals surface area contributed by atoms with Crippen molar-refractivity contribution in [2.75, 3.05) is 54.4 Å². The lowest BCUT2D eigenvalue weighted by Crippen LogP contribution is -2.60. The zero-order valence-corrected chi connectivity index (χ0v) is 26.0. The van der Waals surface area contributed by atoms with Crippen LogP contribution in [0.15, 0.2) is 0 Å². The van der Waals surface area contributed by atoms with Crippen molar-refractivity contribution in [1.82, 2.24) is 0 Å². The lowest BCUT2D eigenvalue weighted by Gasteiger charge is -2.43. The fraction of sp³-hybridized carbons (Fsp3) is 0.893. The number of aliphatic carboxylic acids is 1. The van der Waals surface area contributed by atoms with Gasteiger partial charge in [0.05, 0.1) is 71.7 Å². The van der Waals surface area contributed by atoms with Crippen LogP contribution >= 0.6 is 0 Å². The molecule has 0 radical (unpaired) electrons. The number of rotatable bonds is 14. The van der Waals surface area contributed by atoms with Gasteiger partial charge in [0.1, 0.15) is 30.5 Å². The average molecular weight is 671 g/mol. The van der Waals surface area contributed by atoms with Gasteiger partial charge in [-0.3, -0.25) is 0 Å². The van der Waals surface area contributed by atoms with Crippen LogP contribution < -0.4 is 0 Å². The number of carbonyl (C=O) groups excluding carboxylic acids is 2. The van der Waals surface area contributed by atoms with E-state index in [-0.39, 0.29) is 13.2 Å². The van der Waals surface area contributed by atoms with Gasteiger partial charge in [0.15, 0.2) is 18.3 Å². The smallest absolute Gasteiger partial charge is 0.335 e. The highest BCUT2D eigenvalue weighted by Gasteiger charge is 2.51. The van der Waals surface area contributed by atoms with E-state index in [1.54, 1.807) is 6.92 Å². The molecule has 0 aliphatic carbocycles. The standard InChI is InChI=1S/C28H46O18/c1-5-14-20(32)19(31)13(25(44-14)28(38)41-4)8-43-9-15-21(33)18(30)12(23(45-15)26(35)36)7-42-10-16-22(34)17(29)11(6-39-2)24(46-16)27(37)40-3/h11-25,29-34H,5-10H2,1-4H3,(H,35,36)/t11-,12-,13-,14-,15-,16-,17-,18-,19-,20?,21?,22?,23?,24?,25?/m1/s1. The Morgan fingerprint density at radius 1 is 0.543 bits per heavy atom. The van der Waals surface area contributed by atoms with Crippen molar-refractivity contribution in [2.24, 2.45) is 17.8 Å². The second kappa shape index (κ2) is 17.4. The van der Waals surface area contributed by atoms with Crippen molar-refractivity contribution in [3.63, 3.8) is 0 Å². The van der Waals surface area contributed by atoms with Crippen molar-refractivity contribution >= 4 is 17.9 Å². The third-order valence-corrected chi connectivity index (χ3v) is 8.70. The van der Waals surface area contributed by atoms with Gasteiger partial charge in [-0.25, -0.2) is 14.4 Å². The lowest BCUT2D eigenvalue weighted by molar-refractivity contribution is -0.243. The van der Waals surface area contributed by atoms with Gasteiger partial charge in [-0.2, -0.15) is 0 Å². The van der Waals surface area contributed by atoms with Gasteiger partial charge in [0.2, 0.25) is 0 Å². The van der Waals surface area contributed by atoms with Crippen LogP contribution in [0.3, 0.4) is 0 Å². The molecular formula is C28H46O18. The second-order valence-electron chi connectivity index (χ2n) is 11.5. The van der Waals surface area contributed by atoms with Crippen LogP contribution in [0.2, 0.25) is 0 Å². The number of methoxy groups -OCH3 is 3. The number of carboxylic acid groups (broad SMARTS) is 1. The van der Waals surface area contributed by atoms with Crippen LogP contribution in [-0.4, -0.2) is 181 Å². The van der Waals surface area contributed by atoms with E-state index in [9.17, 15) is 50.1 Å². The quantitative estimate of drug-likeness (QED) is 0.0864. The van der Waals surface area contributed by atoms with Crippen molar-refractivity contribution in [1.29, 1.82) is 0 Å². The summed E-state index contributed by atoms with van der Waals surface area (Å²) in [6.45, 7) is -0.221. The Morgan fingerprint density at radius 3 is 1.30 bits per heavy atom. The fourth-order valence-corrected chi connectivity index (χ4v) is 6.00. The van der Waals surface area contributed by atoms with E-state index in [1.165, 1.54) is 7.11 Å². The lowest BCUT2D eigenvalue weighted by atomic mass is 9.86. The highest BCUT2D eigenvalue weighted by atomic mass is 16.6. The predicted molar refractivity (Wildman–Crippen MR) is 148 cm³/mol. The second-order valence-corrected chi connectivity index (χ2v) is 11.5. The first-order valence-electron chi connectivity index (χ1n) is 14.9. The first kappa shape index (κ1) is 38.4. The molecule has 3 fully saturated rings. The normalized spacial score (nSPS) is 41.5. The predicted octanol–water partition coefficient (Wildman–Crippen LogP) is -4.18. The van der Waals surface area contributed by atoms with Gasteiger partial charge in [0.25, 0.3) is 0 Å². The van der Waals surface area contributed by atoms with Gasteiger partial charge in [-0.05, 0) is 6.42 Å². The zero-order chi connectivity index (χ0) is 34.3. The maximum Gasteiger partial charge on any atom is 0.335 e. The highest BCUT2D eigenvalue weighted by molar-refractivity contribution is 5.76. The minimum Gasteiger partial charge on any atom is -0.479 e. The van der Waals surface area contributed by atoms with Crippen molar-refractivity contribution in [2.45, 2.75) is 86.6 Å². The first-order valence-corrected chi connectivity index (χ1v) is 14.9. The zero-order valence-electron chi connectivity index (χ0n) is 26.0. The van der Waals surface area contributed by atoms with E-state index >= 15 is 0 Å². The first-order chi connectivity index (χ1) is 21.8. The minimum atomic E-state index is -1.70. The van der Waals surface area contributed by atoms with E-state index in [0.717, 1.165) is 14.2 Å². The highest BCUT2D eigenvalue weighted by Crippen LogP contribution is 2.32. The molecule has 266 valence electrons. The summed E-state index contributed by atoms with van der Waals surface area (Å²) in [7, 11) is 3.59. The Morgan fingerprint density at radius 2 is 0.913 bits per heavy atom. The summed E-state index contributed by atoms with van der Waals surface area (Å²) >= 11 is 0. The Hall–Kier alpha value is -2.07. The molecule has 3 saturated heterocycles. The maximum atomic E-state index is 12.3. The molecule has 0 amide bonds. The summed E-state index contributed by atoms with van der Waals surface area (Å²) in [6.07, 6.45) is -16.5. The van der Waals surface area contributed by atoms with E-state index in [1.807, 2.05) is 0 Å². The Labute approximate surface area is 265 Å². The fourth-order valence-electron chi connectivity index (χ4n) is 6.00. The summed E-state index contributed by atoms with van der Waals surface area (Å²) in [5, 5.41) is 73.6. The molecule has 0 saturated carbocycles. The van der Waals surface area contributed by atoms with Crippen molar-refractivity contribution < 1.29 is 88.0 Å². The monoisotopic (exact) mass is 670 g/mol. The molecule has 0 aromatic rings. The molecule has 0 aromatic carbocycles. The molecule has 3 rings (SSSR count). The third-order valence-electron chi connectivity index (χ3n) is 8.70. The number of carboxylic acids is 1. The number of esters is 2. The molecule has 0 bridgehead atoms. The molecule has 3 aliphatic heterocycles. The number of carbonyl (C=O) groups is 3. The Balaban J connectivity index is 1.60. The molecule has 3 heterocycles. The summed E-state index contributed by atoms with van der Waals surface area (Å²) in [4.78, 5) is 36.6. The van der Waals surface area contributed by atoms with Crippen LogP contribution in [0, 0.1) is 17.8 Å². The molecule has 15 atom stereocenters. The summed E-state index contributed by atoms with van der Waals surface area (Å²) in [5.74, 6) is -6.44. The maximum absolute atomic E-state index is 12.3. The van der Waals surface area contributed by atoms with E-state index in [4.69, 9.17) is 37.9 Å². The largest absolute Gasteiger partial charge is 0.479 e. The molecular weight excluding hydrogens is 624 g/mol. The summed E-state index contributed by atoms with van der Waals surface area (Å²) in [5.41, 5.74) is 0. The van der Waals surface area contributed by atoms with Gasteiger partial charge in [-0.1, -0.05) is 6.92 Å². The molecule has 7 N–H and O–H groups in total. The minimum absolute atomic E-state index is 0.123. The topological polar surface area (TPSA) is 267 Å². The van der Waals surface area contributed by atoms with Gasteiger partial charge in [-0.15, -0.1) is 0 Å². The van der Waals surface area contributed by atoms with E-state index in [2.05, 4.69) is 0 Å². The molecule has 18 nitrogen and oxygen atoms in total. The number of hydrogen-bond acceptors (Lipinski definition) is 17. The molecule has 3 aliphatic rings. The van der Waals surface area contributed by atoms with Crippen molar-refractivity contribution in [3.05, 3.63) is 0 Å².